The number of ether oxygens (including phenoxy) is 2. The smallest absolute Gasteiger partial charge is 0.410 e. The first kappa shape index (κ1) is 29.7. The van der Waals surface area contributed by atoms with Crippen molar-refractivity contribution in [3.05, 3.63) is 69.4 Å². The van der Waals surface area contributed by atoms with Crippen LogP contribution in [0.5, 0.6) is 11.5 Å². The van der Waals surface area contributed by atoms with E-state index < -0.39 is 22.9 Å². The van der Waals surface area contributed by atoms with Gasteiger partial charge in [0.2, 0.25) is 0 Å². The lowest BCUT2D eigenvalue weighted by Gasteiger charge is -2.24. The van der Waals surface area contributed by atoms with Crippen LogP contribution in [0.25, 0.3) is 0 Å². The Balaban J connectivity index is 2.12. The van der Waals surface area contributed by atoms with Gasteiger partial charge >= 0.3 is 11.7 Å². The molecule has 2 N–H and O–H groups in total. The Morgan fingerprint density at radius 2 is 1.97 bits per heavy atom. The fourth-order valence-corrected chi connectivity index (χ4v) is 3.89. The highest BCUT2D eigenvalue weighted by Gasteiger charge is 2.34. The van der Waals surface area contributed by atoms with Crippen LogP contribution in [0.15, 0.2) is 45.8 Å². The third kappa shape index (κ3) is 8.51. The summed E-state index contributed by atoms with van der Waals surface area (Å²) in [4.78, 5) is 37.2. The SMILES string of the molecule is CCCCOc1ccc(CC(C)(C)C(=O)c2c(O)cc(C(C)CC/C=C/NC(=O)OC)oc2=O)c(C)c1. The molecule has 0 radical (unpaired) electrons. The number of aromatic hydroxyl groups is 1. The number of benzene rings is 1. The van der Waals surface area contributed by atoms with Crippen molar-refractivity contribution in [1.82, 2.24) is 5.32 Å². The predicted octanol–water partition coefficient (Wildman–Crippen LogP) is 6.04. The molecule has 0 spiro atoms. The minimum absolute atomic E-state index is 0.195. The summed E-state index contributed by atoms with van der Waals surface area (Å²) in [5.41, 5.74) is -0.179. The van der Waals surface area contributed by atoms with E-state index in [9.17, 15) is 19.5 Å². The van der Waals surface area contributed by atoms with E-state index in [0.29, 0.717) is 31.6 Å². The number of nitrogens with one attached hydrogen (secondary N) is 1. The van der Waals surface area contributed by atoms with Gasteiger partial charge in [0, 0.05) is 23.6 Å². The van der Waals surface area contributed by atoms with Crippen molar-refractivity contribution in [2.75, 3.05) is 13.7 Å². The second kappa shape index (κ2) is 13.7. The Morgan fingerprint density at radius 3 is 2.59 bits per heavy atom. The second-order valence-corrected chi connectivity index (χ2v) is 9.89. The molecule has 8 heteroatoms. The van der Waals surface area contributed by atoms with Crippen LogP contribution in [0.3, 0.4) is 0 Å². The van der Waals surface area contributed by atoms with Crippen LogP contribution in [0, 0.1) is 12.3 Å². The van der Waals surface area contributed by atoms with E-state index in [1.54, 1.807) is 19.9 Å². The number of rotatable bonds is 13. The summed E-state index contributed by atoms with van der Waals surface area (Å²) >= 11 is 0. The average molecular weight is 514 g/mol. The number of ketones is 1. The summed E-state index contributed by atoms with van der Waals surface area (Å²) in [6.07, 6.45) is 6.27. The van der Waals surface area contributed by atoms with Gasteiger partial charge in [-0.15, -0.1) is 0 Å². The lowest BCUT2D eigenvalue weighted by Crippen LogP contribution is -2.31. The van der Waals surface area contributed by atoms with Crippen LogP contribution in [0.4, 0.5) is 4.79 Å². The van der Waals surface area contributed by atoms with Gasteiger partial charge < -0.3 is 19.0 Å². The number of carbonyl (C=O) groups is 2. The van der Waals surface area contributed by atoms with Crippen LogP contribution < -0.4 is 15.7 Å². The molecule has 0 aliphatic carbocycles. The maximum Gasteiger partial charge on any atom is 0.410 e. The van der Waals surface area contributed by atoms with E-state index in [-0.39, 0.29) is 17.2 Å². The third-order valence-corrected chi connectivity index (χ3v) is 6.26. The van der Waals surface area contributed by atoms with E-state index in [1.165, 1.54) is 19.4 Å². The fraction of sp³-hybridized carbons (Fsp3) is 0.483. The van der Waals surface area contributed by atoms with Crippen molar-refractivity contribution in [2.45, 2.75) is 72.6 Å². The molecule has 0 aliphatic heterocycles. The Morgan fingerprint density at radius 1 is 1.24 bits per heavy atom. The van der Waals surface area contributed by atoms with Gasteiger partial charge in [-0.2, -0.15) is 0 Å². The normalized spacial score (nSPS) is 12.4. The highest BCUT2D eigenvalue weighted by Crippen LogP contribution is 2.32. The molecule has 202 valence electrons. The van der Waals surface area contributed by atoms with Gasteiger partial charge in [0.1, 0.15) is 22.8 Å². The molecule has 0 saturated carbocycles. The van der Waals surface area contributed by atoms with E-state index in [2.05, 4.69) is 17.0 Å². The monoisotopic (exact) mass is 513 g/mol. The van der Waals surface area contributed by atoms with Gasteiger partial charge in [0.05, 0.1) is 13.7 Å². The summed E-state index contributed by atoms with van der Waals surface area (Å²) in [7, 11) is 1.28. The van der Waals surface area contributed by atoms with Crippen molar-refractivity contribution >= 4 is 11.9 Å². The summed E-state index contributed by atoms with van der Waals surface area (Å²) in [6.45, 7) is 10.1. The number of carbonyl (C=O) groups excluding carboxylic acids is 2. The maximum atomic E-state index is 13.4. The molecule has 37 heavy (non-hydrogen) atoms. The molecule has 0 aliphatic rings. The summed E-state index contributed by atoms with van der Waals surface area (Å²) in [5, 5.41) is 13.1. The van der Waals surface area contributed by atoms with E-state index in [0.717, 1.165) is 29.7 Å². The molecule has 2 aromatic rings. The Bertz CT molecular complexity index is 1160. The van der Waals surface area contributed by atoms with Crippen LogP contribution >= 0.6 is 0 Å². The van der Waals surface area contributed by atoms with Gasteiger partial charge in [0.25, 0.3) is 0 Å². The first-order valence-electron chi connectivity index (χ1n) is 12.6. The largest absolute Gasteiger partial charge is 0.507 e. The molecule has 1 amide bonds. The van der Waals surface area contributed by atoms with Crippen LogP contribution in [-0.2, 0) is 11.2 Å². The third-order valence-electron chi connectivity index (χ3n) is 6.26. The molecule has 1 unspecified atom stereocenters. The molecule has 1 heterocycles. The van der Waals surface area contributed by atoms with Crippen molar-refractivity contribution in [1.29, 1.82) is 0 Å². The molecule has 1 aromatic heterocycles. The van der Waals surface area contributed by atoms with E-state index >= 15 is 0 Å². The lowest BCUT2D eigenvalue weighted by atomic mass is 9.78. The predicted molar refractivity (Wildman–Crippen MR) is 142 cm³/mol. The minimum Gasteiger partial charge on any atom is -0.507 e. The highest BCUT2D eigenvalue weighted by atomic mass is 16.5. The van der Waals surface area contributed by atoms with E-state index in [1.807, 2.05) is 32.0 Å². The molecule has 0 fully saturated rings. The highest BCUT2D eigenvalue weighted by molar-refractivity contribution is 6.02. The molecule has 2 rings (SSSR count). The first-order valence-corrected chi connectivity index (χ1v) is 12.6. The lowest BCUT2D eigenvalue weighted by molar-refractivity contribution is 0.0829. The zero-order valence-corrected chi connectivity index (χ0v) is 22.7. The quantitative estimate of drug-likeness (QED) is 0.248. The standard InChI is InChI=1S/C29H39NO7/c1-7-8-15-36-22-13-12-21(20(3)16-22)18-29(4,5)26(32)25-23(31)17-24(37-27(25)33)19(2)11-9-10-14-30-28(34)35-6/h10,12-14,16-17,19,31H,7-9,11,15,18H2,1-6H3,(H,30,34)/b14-10+. The number of unbranched alkanes of at least 4 members (excludes halogenated alkanes) is 1. The van der Waals surface area contributed by atoms with E-state index in [4.69, 9.17) is 9.15 Å². The molecule has 1 aromatic carbocycles. The number of hydrogen-bond donors (Lipinski definition) is 2. The molecular weight excluding hydrogens is 474 g/mol. The van der Waals surface area contributed by atoms with Crippen molar-refractivity contribution in [2.24, 2.45) is 5.41 Å². The number of Topliss-reactive ketones (excluding diaryl/α,β-unsaturated/α-hetero) is 1. The van der Waals surface area contributed by atoms with Gasteiger partial charge in [-0.05, 0) is 55.9 Å². The van der Waals surface area contributed by atoms with Crippen LogP contribution in [-0.4, -0.2) is 30.7 Å². The molecule has 0 bridgehead atoms. The molecule has 0 saturated heterocycles. The molecule has 1 atom stereocenters. The summed E-state index contributed by atoms with van der Waals surface area (Å²) < 4.78 is 15.7. The topological polar surface area (TPSA) is 115 Å². The Hall–Kier alpha value is -3.55. The van der Waals surface area contributed by atoms with Crippen molar-refractivity contribution in [3.8, 4) is 11.5 Å². The number of amides is 1. The van der Waals surface area contributed by atoms with Crippen LogP contribution in [0.2, 0.25) is 0 Å². The maximum absolute atomic E-state index is 13.4. The van der Waals surface area contributed by atoms with Gasteiger partial charge in [-0.3, -0.25) is 10.1 Å². The Kier molecular flexibility index (Phi) is 11.0. The summed E-state index contributed by atoms with van der Waals surface area (Å²) in [6, 6.07) is 7.13. The zero-order chi connectivity index (χ0) is 27.6. The van der Waals surface area contributed by atoms with Crippen molar-refractivity contribution < 1.29 is 28.6 Å². The fourth-order valence-electron chi connectivity index (χ4n) is 3.89. The molecule has 8 nitrogen and oxygen atoms in total. The second-order valence-electron chi connectivity index (χ2n) is 9.89. The average Bonchev–Trinajstić information content (AvgIpc) is 2.84. The van der Waals surface area contributed by atoms with Gasteiger partial charge in [-0.1, -0.05) is 46.3 Å². The number of hydrogen-bond acceptors (Lipinski definition) is 7. The first-order chi connectivity index (χ1) is 17.5. The van der Waals surface area contributed by atoms with Gasteiger partial charge in [0.15, 0.2) is 5.78 Å². The minimum atomic E-state index is -0.952. The van der Waals surface area contributed by atoms with Crippen LogP contribution in [0.1, 0.15) is 86.5 Å². The molecular formula is C29H39NO7. The number of methoxy groups -OCH3 is 1. The Labute approximate surface area is 218 Å². The number of alkyl carbamates (subject to hydrolysis) is 1. The zero-order valence-electron chi connectivity index (χ0n) is 22.7. The number of allylic oxidation sites excluding steroid dienone is 1. The van der Waals surface area contributed by atoms with Gasteiger partial charge in [-0.25, -0.2) is 9.59 Å². The number of aryl methyl sites for hydroxylation is 1. The summed E-state index contributed by atoms with van der Waals surface area (Å²) in [5.74, 6) is 0.0323. The van der Waals surface area contributed by atoms with Crippen molar-refractivity contribution in [3.63, 3.8) is 0 Å².